The van der Waals surface area contributed by atoms with Gasteiger partial charge in [-0.1, -0.05) is 17.3 Å². The topological polar surface area (TPSA) is 61.3 Å². The highest BCUT2D eigenvalue weighted by Gasteiger charge is 2.28. The summed E-state index contributed by atoms with van der Waals surface area (Å²) in [5, 5.41) is 3.82. The molecule has 3 aromatic rings. The van der Waals surface area contributed by atoms with Crippen molar-refractivity contribution in [3.63, 3.8) is 0 Å². The first-order valence-corrected chi connectivity index (χ1v) is 8.00. The standard InChI is InChI=1S/C17H13F3N2O2S/c18-17(19,20)25-14-7-1-11(2-8-14)9-23-13-5-3-12(4-6-13)16-15(21)10-24-22-16/h1-8,10H,9,21H2. The number of rotatable bonds is 5. The second kappa shape index (κ2) is 7.10. The van der Waals surface area contributed by atoms with Gasteiger partial charge in [-0.05, 0) is 53.7 Å². The molecule has 2 aromatic carbocycles. The molecule has 0 spiro atoms. The number of aromatic nitrogens is 1. The Hall–Kier alpha value is -2.61. The molecule has 0 fully saturated rings. The van der Waals surface area contributed by atoms with E-state index in [1.165, 1.54) is 18.4 Å². The van der Waals surface area contributed by atoms with Crippen molar-refractivity contribution >= 4 is 17.4 Å². The average Bonchev–Trinajstić information content (AvgIpc) is 2.99. The molecule has 0 aliphatic rings. The van der Waals surface area contributed by atoms with E-state index in [0.29, 0.717) is 17.1 Å². The highest BCUT2D eigenvalue weighted by Crippen LogP contribution is 2.36. The summed E-state index contributed by atoms with van der Waals surface area (Å²) in [5.74, 6) is 0.625. The Balaban J connectivity index is 1.59. The number of hydrogen-bond donors (Lipinski definition) is 1. The van der Waals surface area contributed by atoms with Crippen LogP contribution in [0, 0.1) is 0 Å². The number of thioether (sulfide) groups is 1. The maximum atomic E-state index is 12.3. The molecule has 1 heterocycles. The van der Waals surface area contributed by atoms with Crippen molar-refractivity contribution in [2.75, 3.05) is 5.73 Å². The number of nitrogen functional groups attached to an aromatic ring is 1. The minimum Gasteiger partial charge on any atom is -0.489 e. The summed E-state index contributed by atoms with van der Waals surface area (Å²) in [7, 11) is 0. The number of benzene rings is 2. The van der Waals surface area contributed by atoms with Gasteiger partial charge in [0.1, 0.15) is 30.0 Å². The average molecular weight is 366 g/mol. The molecule has 0 saturated heterocycles. The fourth-order valence-electron chi connectivity index (χ4n) is 2.13. The number of ether oxygens (including phenoxy) is 1. The summed E-state index contributed by atoms with van der Waals surface area (Å²) >= 11 is -0.139. The van der Waals surface area contributed by atoms with Gasteiger partial charge in [0.05, 0.1) is 0 Å². The van der Waals surface area contributed by atoms with Crippen molar-refractivity contribution < 1.29 is 22.4 Å². The zero-order valence-corrected chi connectivity index (χ0v) is 13.6. The van der Waals surface area contributed by atoms with E-state index in [1.54, 1.807) is 36.4 Å². The Morgan fingerprint density at radius 3 is 2.28 bits per heavy atom. The third kappa shape index (κ3) is 4.69. The largest absolute Gasteiger partial charge is 0.489 e. The number of halogens is 3. The van der Waals surface area contributed by atoms with E-state index in [4.69, 9.17) is 15.0 Å². The van der Waals surface area contributed by atoms with Crippen molar-refractivity contribution in [3.8, 4) is 17.0 Å². The van der Waals surface area contributed by atoms with Crippen LogP contribution in [0.3, 0.4) is 0 Å². The van der Waals surface area contributed by atoms with Gasteiger partial charge in [0.2, 0.25) is 0 Å². The molecular weight excluding hydrogens is 353 g/mol. The molecule has 0 atom stereocenters. The van der Waals surface area contributed by atoms with Crippen LogP contribution >= 0.6 is 11.8 Å². The summed E-state index contributed by atoms with van der Waals surface area (Å²) in [6.45, 7) is 0.252. The lowest BCUT2D eigenvalue weighted by Gasteiger charge is -2.09. The van der Waals surface area contributed by atoms with Gasteiger partial charge in [0.25, 0.3) is 0 Å². The van der Waals surface area contributed by atoms with Gasteiger partial charge in [-0.25, -0.2) is 0 Å². The van der Waals surface area contributed by atoms with Gasteiger partial charge in [-0.15, -0.1) is 0 Å². The molecule has 8 heteroatoms. The van der Waals surface area contributed by atoms with Crippen LogP contribution in [-0.4, -0.2) is 10.7 Å². The molecule has 4 nitrogen and oxygen atoms in total. The van der Waals surface area contributed by atoms with Gasteiger partial charge >= 0.3 is 5.51 Å². The molecule has 3 rings (SSSR count). The van der Waals surface area contributed by atoms with Crippen molar-refractivity contribution in [1.29, 1.82) is 0 Å². The zero-order chi connectivity index (χ0) is 17.9. The Morgan fingerprint density at radius 2 is 1.72 bits per heavy atom. The summed E-state index contributed by atoms with van der Waals surface area (Å²) in [6, 6.07) is 13.2. The summed E-state index contributed by atoms with van der Waals surface area (Å²) in [6.07, 6.45) is 1.36. The molecule has 0 radical (unpaired) electrons. The number of nitrogens with two attached hydrogens (primary N) is 1. The highest BCUT2D eigenvalue weighted by atomic mass is 32.2. The normalized spacial score (nSPS) is 11.5. The minimum atomic E-state index is -4.28. The predicted molar refractivity (Wildman–Crippen MR) is 89.0 cm³/mol. The van der Waals surface area contributed by atoms with Crippen molar-refractivity contribution in [1.82, 2.24) is 5.16 Å². The van der Waals surface area contributed by atoms with Gasteiger partial charge in [-0.2, -0.15) is 13.2 Å². The number of alkyl halides is 3. The first kappa shape index (κ1) is 17.2. The van der Waals surface area contributed by atoms with E-state index in [9.17, 15) is 13.2 Å². The number of anilines is 1. The lowest BCUT2D eigenvalue weighted by Crippen LogP contribution is -1.99. The van der Waals surface area contributed by atoms with Gasteiger partial charge in [-0.3, -0.25) is 0 Å². The van der Waals surface area contributed by atoms with Crippen molar-refractivity contribution in [2.45, 2.75) is 17.0 Å². The first-order valence-electron chi connectivity index (χ1n) is 7.18. The fourth-order valence-corrected chi connectivity index (χ4v) is 2.67. The quantitative estimate of drug-likeness (QED) is 0.636. The van der Waals surface area contributed by atoms with Crippen LogP contribution in [-0.2, 0) is 6.61 Å². The number of nitrogens with zero attached hydrogens (tertiary/aromatic N) is 1. The van der Waals surface area contributed by atoms with E-state index in [2.05, 4.69) is 5.16 Å². The Labute approximate surface area is 145 Å². The van der Waals surface area contributed by atoms with E-state index in [-0.39, 0.29) is 23.3 Å². The molecule has 0 aliphatic carbocycles. The van der Waals surface area contributed by atoms with Crippen LogP contribution in [0.5, 0.6) is 5.75 Å². The molecule has 0 amide bonds. The Bertz CT molecular complexity index is 830. The second-order valence-corrected chi connectivity index (χ2v) is 6.26. The Kier molecular flexibility index (Phi) is 4.89. The summed E-state index contributed by atoms with van der Waals surface area (Å²) in [5.41, 5.74) is 4.03. The smallest absolute Gasteiger partial charge is 0.446 e. The van der Waals surface area contributed by atoms with Crippen LogP contribution in [0.25, 0.3) is 11.3 Å². The molecule has 0 bridgehead atoms. The maximum absolute atomic E-state index is 12.3. The molecule has 130 valence electrons. The minimum absolute atomic E-state index is 0.139. The zero-order valence-electron chi connectivity index (χ0n) is 12.8. The molecule has 0 aliphatic heterocycles. The third-order valence-electron chi connectivity index (χ3n) is 3.29. The summed E-state index contributed by atoms with van der Waals surface area (Å²) < 4.78 is 47.3. The monoisotopic (exact) mass is 366 g/mol. The molecule has 25 heavy (non-hydrogen) atoms. The van der Waals surface area contributed by atoms with Crippen LogP contribution in [0.15, 0.2) is 64.2 Å². The van der Waals surface area contributed by atoms with Gasteiger partial charge < -0.3 is 15.0 Å². The van der Waals surface area contributed by atoms with Crippen molar-refractivity contribution in [2.24, 2.45) is 0 Å². The van der Waals surface area contributed by atoms with Crippen LogP contribution in [0.2, 0.25) is 0 Å². The molecule has 2 N–H and O–H groups in total. The lowest BCUT2D eigenvalue weighted by molar-refractivity contribution is -0.0328. The molecular formula is C17H13F3N2O2S. The lowest BCUT2D eigenvalue weighted by atomic mass is 10.1. The second-order valence-electron chi connectivity index (χ2n) is 5.12. The fraction of sp³-hybridized carbons (Fsp3) is 0.118. The van der Waals surface area contributed by atoms with Crippen molar-refractivity contribution in [3.05, 3.63) is 60.4 Å². The van der Waals surface area contributed by atoms with E-state index in [1.807, 2.05) is 0 Å². The highest BCUT2D eigenvalue weighted by molar-refractivity contribution is 8.00. The van der Waals surface area contributed by atoms with E-state index in [0.717, 1.165) is 11.1 Å². The van der Waals surface area contributed by atoms with Crippen LogP contribution < -0.4 is 10.5 Å². The molecule has 0 saturated carbocycles. The van der Waals surface area contributed by atoms with Crippen LogP contribution in [0.4, 0.5) is 18.9 Å². The van der Waals surface area contributed by atoms with Gasteiger partial charge in [0, 0.05) is 10.5 Å². The molecule has 1 aromatic heterocycles. The summed E-state index contributed by atoms with van der Waals surface area (Å²) in [4.78, 5) is 0.144. The maximum Gasteiger partial charge on any atom is 0.446 e. The van der Waals surface area contributed by atoms with Gasteiger partial charge in [0.15, 0.2) is 0 Å². The Morgan fingerprint density at radius 1 is 1.04 bits per heavy atom. The number of hydrogen-bond acceptors (Lipinski definition) is 5. The SMILES string of the molecule is Nc1conc1-c1ccc(OCc2ccc(SC(F)(F)F)cc2)cc1. The molecule has 0 unspecified atom stereocenters. The van der Waals surface area contributed by atoms with E-state index >= 15 is 0 Å². The predicted octanol–water partition coefficient (Wildman–Crippen LogP) is 5.11. The van der Waals surface area contributed by atoms with E-state index < -0.39 is 5.51 Å². The first-order chi connectivity index (χ1) is 11.9. The van der Waals surface area contributed by atoms with Crippen LogP contribution in [0.1, 0.15) is 5.56 Å². The third-order valence-corrected chi connectivity index (χ3v) is 4.03.